The second-order valence-corrected chi connectivity index (χ2v) is 14.8. The molecule has 11 rings (SSSR count). The lowest BCUT2D eigenvalue weighted by molar-refractivity contribution is 0.674. The number of rotatable bonds is 7. The molecule has 0 aliphatic carbocycles. The molecule has 10 aromatic carbocycles. The van der Waals surface area contributed by atoms with Gasteiger partial charge in [-0.3, -0.25) is 0 Å². The largest absolute Gasteiger partial charge is 0.455 e. The number of para-hydroxylation sites is 2. The summed E-state index contributed by atoms with van der Waals surface area (Å²) in [4.78, 5) is 2.38. The van der Waals surface area contributed by atoms with Crippen LogP contribution in [0.3, 0.4) is 0 Å². The molecule has 0 bridgehead atoms. The van der Waals surface area contributed by atoms with E-state index in [0.29, 0.717) is 0 Å². The highest BCUT2D eigenvalue weighted by atomic mass is 16.3. The number of furan rings is 1. The van der Waals surface area contributed by atoms with E-state index in [1.165, 1.54) is 49.5 Å². The van der Waals surface area contributed by atoms with E-state index in [4.69, 9.17) is 4.42 Å². The highest BCUT2D eigenvalue weighted by Crippen LogP contribution is 2.46. The van der Waals surface area contributed by atoms with Crippen LogP contribution in [0.1, 0.15) is 0 Å². The Balaban J connectivity index is 1.09. The Bertz CT molecular complexity index is 3250. The Morgan fingerprint density at radius 3 is 1.53 bits per heavy atom. The van der Waals surface area contributed by atoms with E-state index < -0.39 is 0 Å². The number of hydrogen-bond acceptors (Lipinski definition) is 2. The maximum atomic E-state index is 6.89. The van der Waals surface area contributed by atoms with Crippen molar-refractivity contribution in [1.29, 1.82) is 0 Å². The van der Waals surface area contributed by atoms with Crippen LogP contribution >= 0.6 is 0 Å². The van der Waals surface area contributed by atoms with Gasteiger partial charge in [-0.15, -0.1) is 0 Å². The fraction of sp³-hybridized carbons (Fsp3) is 0. The Kier molecular flexibility index (Phi) is 8.19. The molecule has 272 valence electrons. The van der Waals surface area contributed by atoms with Crippen LogP contribution in [0, 0.1) is 0 Å². The standard InChI is InChI=1S/C56H37NO/c1-3-14-38(15-4-1)39-26-32-44(33-27-39)57(45-34-28-42(29-35-45)47-36-30-40-16-7-9-20-46(40)54(47)43-18-5-2-6-19-43)53-25-12-11-22-49(53)50-23-13-24-51-52-37-31-41-17-8-10-21-48(41)55(52)58-56(50)51/h1-37H. The lowest BCUT2D eigenvalue weighted by Gasteiger charge is -2.28. The van der Waals surface area contributed by atoms with E-state index in [9.17, 15) is 0 Å². The molecule has 0 saturated heterocycles. The monoisotopic (exact) mass is 739 g/mol. The van der Waals surface area contributed by atoms with E-state index in [-0.39, 0.29) is 0 Å². The number of anilines is 3. The van der Waals surface area contributed by atoms with Crippen molar-refractivity contribution in [3.05, 3.63) is 224 Å². The van der Waals surface area contributed by atoms with Crippen molar-refractivity contribution in [1.82, 2.24) is 0 Å². The van der Waals surface area contributed by atoms with Crippen LogP contribution in [0.4, 0.5) is 17.1 Å². The predicted octanol–water partition coefficient (Wildman–Crippen LogP) is 16.0. The van der Waals surface area contributed by atoms with Crippen LogP contribution in [0.2, 0.25) is 0 Å². The zero-order valence-electron chi connectivity index (χ0n) is 31.7. The minimum absolute atomic E-state index is 0.890. The van der Waals surface area contributed by atoms with Gasteiger partial charge in [0.2, 0.25) is 0 Å². The molecule has 0 aliphatic heterocycles. The minimum Gasteiger partial charge on any atom is -0.455 e. The summed E-state index contributed by atoms with van der Waals surface area (Å²) in [6.07, 6.45) is 0. The first-order chi connectivity index (χ1) is 28.8. The molecule has 0 fully saturated rings. The van der Waals surface area contributed by atoms with Crippen molar-refractivity contribution >= 4 is 60.5 Å². The third kappa shape index (κ3) is 5.74. The zero-order chi connectivity index (χ0) is 38.4. The Labute approximate surface area is 337 Å². The summed E-state index contributed by atoms with van der Waals surface area (Å²) >= 11 is 0. The molecule has 0 spiro atoms. The van der Waals surface area contributed by atoms with E-state index in [1.807, 2.05) is 0 Å². The quantitative estimate of drug-likeness (QED) is 0.162. The summed E-state index contributed by atoms with van der Waals surface area (Å²) in [5.74, 6) is 0. The number of fused-ring (bicyclic) bond motifs is 6. The second kappa shape index (κ2) is 14.1. The molecule has 0 unspecified atom stereocenters. The normalized spacial score (nSPS) is 11.4. The Hall–Kier alpha value is -7.68. The Morgan fingerprint density at radius 1 is 0.276 bits per heavy atom. The molecule has 58 heavy (non-hydrogen) atoms. The van der Waals surface area contributed by atoms with Crippen molar-refractivity contribution in [3.8, 4) is 44.5 Å². The van der Waals surface area contributed by atoms with Crippen LogP contribution in [-0.2, 0) is 0 Å². The van der Waals surface area contributed by atoms with E-state index in [0.717, 1.165) is 55.5 Å². The molecule has 1 heterocycles. The molecule has 2 nitrogen and oxygen atoms in total. The first-order valence-electron chi connectivity index (χ1n) is 19.8. The van der Waals surface area contributed by atoms with Gasteiger partial charge in [0.15, 0.2) is 0 Å². The van der Waals surface area contributed by atoms with Gasteiger partial charge in [-0.05, 0) is 85.9 Å². The SMILES string of the molecule is c1ccc(-c2ccc(N(c3ccc(-c4ccc5ccccc5c4-c4ccccc4)cc3)c3ccccc3-c3cccc4c3oc3c5ccccc5ccc43)cc2)cc1. The lowest BCUT2D eigenvalue weighted by atomic mass is 9.89. The maximum Gasteiger partial charge on any atom is 0.143 e. The van der Waals surface area contributed by atoms with Crippen molar-refractivity contribution in [2.45, 2.75) is 0 Å². The summed E-state index contributed by atoms with van der Waals surface area (Å²) in [5, 5.41) is 7.01. The smallest absolute Gasteiger partial charge is 0.143 e. The highest BCUT2D eigenvalue weighted by Gasteiger charge is 2.21. The zero-order valence-corrected chi connectivity index (χ0v) is 31.7. The van der Waals surface area contributed by atoms with Crippen LogP contribution in [0.5, 0.6) is 0 Å². The van der Waals surface area contributed by atoms with Crippen molar-refractivity contribution in [3.63, 3.8) is 0 Å². The third-order valence-corrected chi connectivity index (χ3v) is 11.5. The van der Waals surface area contributed by atoms with Gasteiger partial charge in [-0.1, -0.05) is 188 Å². The van der Waals surface area contributed by atoms with E-state index in [2.05, 4.69) is 229 Å². The molecular formula is C56H37NO. The number of benzene rings is 10. The molecule has 2 heteroatoms. The van der Waals surface area contributed by atoms with Gasteiger partial charge >= 0.3 is 0 Å². The molecule has 0 atom stereocenters. The van der Waals surface area contributed by atoms with Gasteiger partial charge in [-0.25, -0.2) is 0 Å². The third-order valence-electron chi connectivity index (χ3n) is 11.5. The fourth-order valence-electron chi connectivity index (χ4n) is 8.71. The first kappa shape index (κ1) is 33.6. The minimum atomic E-state index is 0.890. The lowest BCUT2D eigenvalue weighted by Crippen LogP contribution is -2.11. The molecule has 0 amide bonds. The average Bonchev–Trinajstić information content (AvgIpc) is 3.70. The van der Waals surface area contributed by atoms with Gasteiger partial charge in [0, 0.05) is 38.7 Å². The molecule has 0 radical (unpaired) electrons. The molecule has 0 saturated carbocycles. The Morgan fingerprint density at radius 2 is 0.793 bits per heavy atom. The maximum absolute atomic E-state index is 6.89. The first-order valence-corrected chi connectivity index (χ1v) is 19.8. The average molecular weight is 740 g/mol. The molecule has 0 aliphatic rings. The van der Waals surface area contributed by atoms with Crippen LogP contribution in [0.25, 0.3) is 88.0 Å². The predicted molar refractivity (Wildman–Crippen MR) is 245 cm³/mol. The van der Waals surface area contributed by atoms with Gasteiger partial charge in [0.25, 0.3) is 0 Å². The van der Waals surface area contributed by atoms with Crippen molar-refractivity contribution < 1.29 is 4.42 Å². The van der Waals surface area contributed by atoms with Crippen molar-refractivity contribution in [2.24, 2.45) is 0 Å². The van der Waals surface area contributed by atoms with Crippen LogP contribution in [0.15, 0.2) is 229 Å². The second-order valence-electron chi connectivity index (χ2n) is 14.8. The fourth-order valence-corrected chi connectivity index (χ4v) is 8.71. The molecule has 1 aromatic heterocycles. The molecular weight excluding hydrogens is 703 g/mol. The van der Waals surface area contributed by atoms with Gasteiger partial charge in [0.05, 0.1) is 5.69 Å². The summed E-state index contributed by atoms with van der Waals surface area (Å²) in [5.41, 5.74) is 14.4. The summed E-state index contributed by atoms with van der Waals surface area (Å²) in [6.45, 7) is 0. The summed E-state index contributed by atoms with van der Waals surface area (Å²) in [7, 11) is 0. The van der Waals surface area contributed by atoms with Gasteiger partial charge < -0.3 is 9.32 Å². The van der Waals surface area contributed by atoms with Gasteiger partial charge in [0.1, 0.15) is 11.2 Å². The van der Waals surface area contributed by atoms with E-state index >= 15 is 0 Å². The van der Waals surface area contributed by atoms with E-state index in [1.54, 1.807) is 0 Å². The molecule has 11 aromatic rings. The number of hydrogen-bond donors (Lipinski definition) is 0. The number of nitrogens with zero attached hydrogens (tertiary/aromatic N) is 1. The topological polar surface area (TPSA) is 16.4 Å². The van der Waals surface area contributed by atoms with Crippen LogP contribution in [-0.4, -0.2) is 0 Å². The van der Waals surface area contributed by atoms with Crippen molar-refractivity contribution in [2.75, 3.05) is 4.90 Å². The van der Waals surface area contributed by atoms with Gasteiger partial charge in [-0.2, -0.15) is 0 Å². The summed E-state index contributed by atoms with van der Waals surface area (Å²) < 4.78 is 6.89. The van der Waals surface area contributed by atoms with Crippen LogP contribution < -0.4 is 4.90 Å². The summed E-state index contributed by atoms with van der Waals surface area (Å²) in [6, 6.07) is 80.5. The highest BCUT2D eigenvalue weighted by molar-refractivity contribution is 6.17. The molecule has 0 N–H and O–H groups in total.